The molecule has 4 N–H and O–H groups in total. The molecule has 0 radical (unpaired) electrons. The summed E-state index contributed by atoms with van der Waals surface area (Å²) in [6.45, 7) is 1.56. The number of piperidine rings is 1. The number of para-hydroxylation sites is 1. The van der Waals surface area contributed by atoms with E-state index in [1.165, 1.54) is 0 Å². The molecule has 4 rings (SSSR count). The van der Waals surface area contributed by atoms with Gasteiger partial charge >= 0.3 is 6.01 Å². The number of nitrogens with zero attached hydrogens (tertiary/aromatic N) is 7. The molecule has 3 heterocycles. The van der Waals surface area contributed by atoms with E-state index < -0.39 is 0 Å². The van der Waals surface area contributed by atoms with Crippen LogP contribution in [0, 0.1) is 0 Å². The van der Waals surface area contributed by atoms with Crippen molar-refractivity contribution in [2.75, 3.05) is 35.7 Å². The first-order valence-corrected chi connectivity index (χ1v) is 8.75. The zero-order valence-corrected chi connectivity index (χ0v) is 16.2. The van der Waals surface area contributed by atoms with E-state index in [2.05, 4.69) is 25.1 Å². The van der Waals surface area contributed by atoms with Crippen LogP contribution in [0.3, 0.4) is 0 Å². The van der Waals surface area contributed by atoms with Gasteiger partial charge in [0.15, 0.2) is 0 Å². The van der Waals surface area contributed by atoms with Crippen molar-refractivity contribution >= 4 is 36.0 Å². The van der Waals surface area contributed by atoms with Crippen LogP contribution in [0.25, 0.3) is 11.6 Å². The Hall–Kier alpha value is -2.98. The summed E-state index contributed by atoms with van der Waals surface area (Å²) in [5.74, 6) is 1.03. The molecular formula is C17H22ClN9O. The molecule has 0 atom stereocenters. The number of anilines is 4. The minimum atomic E-state index is 0. The first kappa shape index (κ1) is 19.8. The van der Waals surface area contributed by atoms with E-state index in [1.807, 2.05) is 47.2 Å². The predicted molar refractivity (Wildman–Crippen MR) is 109 cm³/mol. The Morgan fingerprint density at radius 2 is 1.75 bits per heavy atom. The van der Waals surface area contributed by atoms with Gasteiger partial charge in [0.05, 0.1) is 0 Å². The molecule has 0 aliphatic carbocycles. The lowest BCUT2D eigenvalue weighted by Gasteiger charge is -2.28. The Bertz CT molecular complexity index is 912. The molecule has 148 valence electrons. The van der Waals surface area contributed by atoms with Gasteiger partial charge in [-0.3, -0.25) is 0 Å². The standard InChI is InChI=1S/C17H21N9O.ClH/c1-25(12-5-3-2-4-6-12)16-21-13(20-15(19)23-16)14-22-17(27-24-14)26-9-7-11(18)8-10-26;/h2-6,11H,7-10,18H2,1H3,(H2,19,20,21,23);1H. The highest BCUT2D eigenvalue weighted by molar-refractivity contribution is 5.85. The van der Waals surface area contributed by atoms with E-state index in [9.17, 15) is 0 Å². The molecule has 10 nitrogen and oxygen atoms in total. The third-order valence-electron chi connectivity index (χ3n) is 4.51. The van der Waals surface area contributed by atoms with Crippen LogP contribution in [0.15, 0.2) is 34.9 Å². The number of nitrogens with two attached hydrogens (primary N) is 2. The van der Waals surface area contributed by atoms with Crippen LogP contribution in [-0.4, -0.2) is 51.3 Å². The number of benzene rings is 1. The summed E-state index contributed by atoms with van der Waals surface area (Å²) in [5.41, 5.74) is 12.7. The molecule has 0 bridgehead atoms. The van der Waals surface area contributed by atoms with Crippen LogP contribution >= 0.6 is 12.4 Å². The molecule has 0 spiro atoms. The number of rotatable bonds is 4. The van der Waals surface area contributed by atoms with E-state index in [0.29, 0.717) is 12.0 Å². The third-order valence-corrected chi connectivity index (χ3v) is 4.51. The van der Waals surface area contributed by atoms with Crippen molar-refractivity contribution in [2.45, 2.75) is 18.9 Å². The number of halogens is 1. The van der Waals surface area contributed by atoms with Crippen molar-refractivity contribution in [3.63, 3.8) is 0 Å². The van der Waals surface area contributed by atoms with Gasteiger partial charge in [-0.25, -0.2) is 0 Å². The quantitative estimate of drug-likeness (QED) is 0.660. The van der Waals surface area contributed by atoms with E-state index >= 15 is 0 Å². The molecule has 3 aromatic rings. The Kier molecular flexibility index (Phi) is 5.90. The zero-order valence-electron chi connectivity index (χ0n) is 15.4. The van der Waals surface area contributed by atoms with Gasteiger partial charge in [-0.15, -0.1) is 12.4 Å². The molecule has 28 heavy (non-hydrogen) atoms. The number of aromatic nitrogens is 5. The van der Waals surface area contributed by atoms with Crippen molar-refractivity contribution in [1.82, 2.24) is 25.1 Å². The van der Waals surface area contributed by atoms with Gasteiger partial charge in [0.1, 0.15) is 0 Å². The Morgan fingerprint density at radius 3 is 2.46 bits per heavy atom. The summed E-state index contributed by atoms with van der Waals surface area (Å²) in [6.07, 6.45) is 1.78. The van der Waals surface area contributed by atoms with Crippen molar-refractivity contribution < 1.29 is 4.52 Å². The fourth-order valence-electron chi connectivity index (χ4n) is 2.92. The first-order chi connectivity index (χ1) is 13.1. The second-order valence-electron chi connectivity index (χ2n) is 6.44. The van der Waals surface area contributed by atoms with Crippen LogP contribution in [0.5, 0.6) is 0 Å². The SMILES string of the molecule is CN(c1ccccc1)c1nc(N)nc(-c2noc(N3CCC(N)CC3)n2)n1.Cl. The maximum Gasteiger partial charge on any atom is 0.324 e. The summed E-state index contributed by atoms with van der Waals surface area (Å²) < 4.78 is 5.39. The molecule has 0 amide bonds. The largest absolute Gasteiger partial charge is 0.368 e. The lowest BCUT2D eigenvalue weighted by molar-refractivity contribution is 0.394. The average molecular weight is 404 g/mol. The minimum absolute atomic E-state index is 0. The van der Waals surface area contributed by atoms with E-state index in [-0.39, 0.29) is 36.0 Å². The summed E-state index contributed by atoms with van der Waals surface area (Å²) in [4.78, 5) is 21.1. The molecule has 1 saturated heterocycles. The zero-order chi connectivity index (χ0) is 18.8. The summed E-state index contributed by atoms with van der Waals surface area (Å²) in [7, 11) is 1.85. The van der Waals surface area contributed by atoms with Gasteiger partial charge in [0, 0.05) is 31.9 Å². The van der Waals surface area contributed by atoms with Gasteiger partial charge < -0.3 is 25.8 Å². The summed E-state index contributed by atoms with van der Waals surface area (Å²) >= 11 is 0. The third kappa shape index (κ3) is 4.12. The van der Waals surface area contributed by atoms with Gasteiger partial charge in [-0.1, -0.05) is 23.4 Å². The summed E-state index contributed by atoms with van der Waals surface area (Å²) in [6, 6.07) is 10.4. The fourth-order valence-corrected chi connectivity index (χ4v) is 2.92. The van der Waals surface area contributed by atoms with Crippen LogP contribution in [0.2, 0.25) is 0 Å². The van der Waals surface area contributed by atoms with Crippen molar-refractivity contribution in [3.8, 4) is 11.6 Å². The minimum Gasteiger partial charge on any atom is -0.368 e. The monoisotopic (exact) mass is 403 g/mol. The maximum absolute atomic E-state index is 5.94. The van der Waals surface area contributed by atoms with E-state index in [1.54, 1.807) is 0 Å². The van der Waals surface area contributed by atoms with E-state index in [0.717, 1.165) is 31.6 Å². The fraction of sp³-hybridized carbons (Fsp3) is 0.353. The summed E-state index contributed by atoms with van der Waals surface area (Å²) in [5, 5.41) is 4.01. The van der Waals surface area contributed by atoms with Crippen LogP contribution in [0.4, 0.5) is 23.6 Å². The molecule has 1 aliphatic heterocycles. The number of hydrogen-bond acceptors (Lipinski definition) is 10. The van der Waals surface area contributed by atoms with Gasteiger partial charge in [0.25, 0.3) is 0 Å². The molecular weight excluding hydrogens is 382 g/mol. The van der Waals surface area contributed by atoms with Crippen LogP contribution < -0.4 is 21.3 Å². The van der Waals surface area contributed by atoms with Gasteiger partial charge in [-0.2, -0.15) is 19.9 Å². The highest BCUT2D eigenvalue weighted by atomic mass is 35.5. The second-order valence-corrected chi connectivity index (χ2v) is 6.44. The average Bonchev–Trinajstić information content (AvgIpc) is 3.18. The molecule has 0 unspecified atom stereocenters. The van der Waals surface area contributed by atoms with Gasteiger partial charge in [0.2, 0.25) is 23.5 Å². The van der Waals surface area contributed by atoms with E-state index in [4.69, 9.17) is 16.0 Å². The Labute approximate surface area is 168 Å². The lowest BCUT2D eigenvalue weighted by atomic mass is 10.1. The molecule has 1 aromatic carbocycles. The highest BCUT2D eigenvalue weighted by Gasteiger charge is 2.23. The normalized spacial score (nSPS) is 14.6. The topological polar surface area (TPSA) is 136 Å². The molecule has 0 saturated carbocycles. The van der Waals surface area contributed by atoms with Gasteiger partial charge in [-0.05, 0) is 25.0 Å². The van der Waals surface area contributed by atoms with Crippen molar-refractivity contribution in [1.29, 1.82) is 0 Å². The Morgan fingerprint density at radius 1 is 1.04 bits per heavy atom. The maximum atomic E-state index is 5.94. The highest BCUT2D eigenvalue weighted by Crippen LogP contribution is 2.24. The molecule has 11 heteroatoms. The predicted octanol–water partition coefficient (Wildman–Crippen LogP) is 1.62. The number of nitrogen functional groups attached to an aromatic ring is 1. The molecule has 2 aromatic heterocycles. The number of hydrogen-bond donors (Lipinski definition) is 2. The van der Waals surface area contributed by atoms with Crippen LogP contribution in [-0.2, 0) is 0 Å². The Balaban J connectivity index is 0.00000225. The first-order valence-electron chi connectivity index (χ1n) is 8.75. The van der Waals surface area contributed by atoms with Crippen molar-refractivity contribution in [2.24, 2.45) is 5.73 Å². The lowest BCUT2D eigenvalue weighted by Crippen LogP contribution is -2.39. The second kappa shape index (κ2) is 8.36. The van der Waals surface area contributed by atoms with Crippen LogP contribution in [0.1, 0.15) is 12.8 Å². The smallest absolute Gasteiger partial charge is 0.324 e. The molecule has 1 aliphatic rings. The van der Waals surface area contributed by atoms with Crippen molar-refractivity contribution in [3.05, 3.63) is 30.3 Å². The molecule has 1 fully saturated rings.